The van der Waals surface area contributed by atoms with Crippen molar-refractivity contribution >= 4 is 5.78 Å². The largest absolute Gasteiger partial charge is 0.385 e. The van der Waals surface area contributed by atoms with E-state index in [1.807, 2.05) is 6.92 Å². The van der Waals surface area contributed by atoms with Gasteiger partial charge in [0.1, 0.15) is 5.78 Å². The van der Waals surface area contributed by atoms with Crippen molar-refractivity contribution in [2.24, 2.45) is 5.92 Å². The van der Waals surface area contributed by atoms with Crippen LogP contribution in [0.3, 0.4) is 0 Å². The summed E-state index contributed by atoms with van der Waals surface area (Å²) < 4.78 is 4.88. The van der Waals surface area contributed by atoms with Crippen molar-refractivity contribution in [1.29, 1.82) is 0 Å². The van der Waals surface area contributed by atoms with Crippen LogP contribution in [0.25, 0.3) is 0 Å². The lowest BCUT2D eigenvalue weighted by atomic mass is 9.98. The molecule has 2 nitrogen and oxygen atoms in total. The van der Waals surface area contributed by atoms with Crippen LogP contribution < -0.4 is 0 Å². The monoisotopic (exact) mass is 172 g/mol. The van der Waals surface area contributed by atoms with Crippen LogP contribution in [0.2, 0.25) is 0 Å². The summed E-state index contributed by atoms with van der Waals surface area (Å²) >= 11 is 0. The first-order valence-electron chi connectivity index (χ1n) is 4.74. The summed E-state index contributed by atoms with van der Waals surface area (Å²) in [5, 5.41) is 0. The molecule has 1 unspecified atom stereocenters. The van der Waals surface area contributed by atoms with Crippen molar-refractivity contribution in [3.05, 3.63) is 0 Å². The van der Waals surface area contributed by atoms with Gasteiger partial charge in [-0.15, -0.1) is 0 Å². The van der Waals surface area contributed by atoms with Crippen LogP contribution in [-0.4, -0.2) is 19.5 Å². The molecule has 72 valence electrons. The summed E-state index contributed by atoms with van der Waals surface area (Å²) in [6.07, 6.45) is 3.65. The molecule has 0 aliphatic carbocycles. The van der Waals surface area contributed by atoms with Crippen molar-refractivity contribution in [1.82, 2.24) is 0 Å². The number of ketones is 1. The van der Waals surface area contributed by atoms with E-state index < -0.39 is 0 Å². The summed E-state index contributed by atoms with van der Waals surface area (Å²) in [6.45, 7) is 4.82. The molecule has 0 bridgehead atoms. The van der Waals surface area contributed by atoms with Gasteiger partial charge in [0.25, 0.3) is 0 Å². The van der Waals surface area contributed by atoms with Crippen LogP contribution in [0, 0.1) is 5.92 Å². The summed E-state index contributed by atoms with van der Waals surface area (Å²) in [7, 11) is 1.67. The Labute approximate surface area is 75.3 Å². The van der Waals surface area contributed by atoms with E-state index in [0.717, 1.165) is 19.3 Å². The van der Waals surface area contributed by atoms with E-state index in [-0.39, 0.29) is 5.92 Å². The molecule has 0 spiro atoms. The highest BCUT2D eigenvalue weighted by molar-refractivity contribution is 5.80. The van der Waals surface area contributed by atoms with E-state index in [0.29, 0.717) is 18.8 Å². The highest BCUT2D eigenvalue weighted by Gasteiger charge is 2.10. The normalized spacial score (nSPS) is 12.9. The first-order valence-corrected chi connectivity index (χ1v) is 4.74. The van der Waals surface area contributed by atoms with Gasteiger partial charge in [-0.1, -0.05) is 20.3 Å². The predicted molar refractivity (Wildman–Crippen MR) is 50.2 cm³/mol. The Bertz CT molecular complexity index is 121. The van der Waals surface area contributed by atoms with Crippen molar-refractivity contribution in [2.75, 3.05) is 13.7 Å². The molecule has 1 atom stereocenters. The summed E-state index contributed by atoms with van der Waals surface area (Å²) in [4.78, 5) is 11.4. The first kappa shape index (κ1) is 11.6. The fourth-order valence-corrected chi connectivity index (χ4v) is 1.23. The summed E-state index contributed by atoms with van der Waals surface area (Å²) in [5.41, 5.74) is 0. The minimum Gasteiger partial charge on any atom is -0.385 e. The fraction of sp³-hybridized carbons (Fsp3) is 0.900. The Morgan fingerprint density at radius 3 is 2.67 bits per heavy atom. The maximum Gasteiger partial charge on any atom is 0.135 e. The van der Waals surface area contributed by atoms with Gasteiger partial charge in [-0.2, -0.15) is 0 Å². The van der Waals surface area contributed by atoms with Crippen LogP contribution in [0.15, 0.2) is 0 Å². The molecule has 0 rings (SSSR count). The maximum atomic E-state index is 11.4. The fourth-order valence-electron chi connectivity index (χ4n) is 1.23. The van der Waals surface area contributed by atoms with E-state index in [9.17, 15) is 4.79 Å². The second-order valence-corrected chi connectivity index (χ2v) is 3.25. The topological polar surface area (TPSA) is 26.3 Å². The smallest absolute Gasteiger partial charge is 0.135 e. The van der Waals surface area contributed by atoms with Gasteiger partial charge >= 0.3 is 0 Å². The molecule has 0 aliphatic rings. The Morgan fingerprint density at radius 2 is 2.17 bits per heavy atom. The minimum absolute atomic E-state index is 0.242. The highest BCUT2D eigenvalue weighted by Crippen LogP contribution is 2.09. The molecule has 0 saturated heterocycles. The van der Waals surface area contributed by atoms with Crippen LogP contribution in [0.5, 0.6) is 0 Å². The Kier molecular flexibility index (Phi) is 7.06. The molecule has 0 aromatic rings. The van der Waals surface area contributed by atoms with E-state index in [4.69, 9.17) is 4.74 Å². The van der Waals surface area contributed by atoms with Crippen LogP contribution in [0.1, 0.15) is 39.5 Å². The van der Waals surface area contributed by atoms with Gasteiger partial charge < -0.3 is 4.74 Å². The Morgan fingerprint density at radius 1 is 1.50 bits per heavy atom. The van der Waals surface area contributed by atoms with Crippen molar-refractivity contribution in [3.8, 4) is 0 Å². The van der Waals surface area contributed by atoms with E-state index >= 15 is 0 Å². The molecule has 0 aromatic carbocycles. The Hall–Kier alpha value is -0.370. The number of rotatable bonds is 7. The van der Waals surface area contributed by atoms with E-state index in [1.54, 1.807) is 7.11 Å². The number of hydrogen-bond acceptors (Lipinski definition) is 2. The Balaban J connectivity index is 3.43. The third kappa shape index (κ3) is 5.30. The third-order valence-electron chi connectivity index (χ3n) is 2.04. The van der Waals surface area contributed by atoms with Gasteiger partial charge in [-0.3, -0.25) is 4.79 Å². The zero-order chi connectivity index (χ0) is 9.40. The molecule has 0 fully saturated rings. The lowest BCUT2D eigenvalue weighted by Crippen LogP contribution is -2.11. The van der Waals surface area contributed by atoms with Gasteiger partial charge in [0, 0.05) is 26.1 Å². The molecule has 12 heavy (non-hydrogen) atoms. The standard InChI is InChI=1S/C10H20O2/c1-4-6-9(2)10(11)7-5-8-12-3/h9H,4-8H2,1-3H3. The summed E-state index contributed by atoms with van der Waals surface area (Å²) in [5.74, 6) is 0.626. The molecule has 0 heterocycles. The lowest BCUT2D eigenvalue weighted by molar-refractivity contribution is -0.122. The summed E-state index contributed by atoms with van der Waals surface area (Å²) in [6, 6.07) is 0. The molecular weight excluding hydrogens is 152 g/mol. The van der Waals surface area contributed by atoms with E-state index in [2.05, 4.69) is 6.92 Å². The van der Waals surface area contributed by atoms with Crippen molar-refractivity contribution in [2.45, 2.75) is 39.5 Å². The van der Waals surface area contributed by atoms with Gasteiger partial charge in [0.05, 0.1) is 0 Å². The molecule has 0 aromatic heterocycles. The van der Waals surface area contributed by atoms with Crippen LogP contribution in [0.4, 0.5) is 0 Å². The van der Waals surface area contributed by atoms with Gasteiger partial charge in [0.15, 0.2) is 0 Å². The number of ether oxygens (including phenoxy) is 1. The minimum atomic E-state index is 0.242. The zero-order valence-corrected chi connectivity index (χ0v) is 8.43. The van der Waals surface area contributed by atoms with Crippen molar-refractivity contribution in [3.63, 3.8) is 0 Å². The van der Waals surface area contributed by atoms with Gasteiger partial charge in [-0.05, 0) is 12.8 Å². The second kappa shape index (κ2) is 7.29. The molecule has 0 amide bonds. The average molecular weight is 172 g/mol. The van der Waals surface area contributed by atoms with Gasteiger partial charge in [0.2, 0.25) is 0 Å². The quantitative estimate of drug-likeness (QED) is 0.551. The number of hydrogen-bond donors (Lipinski definition) is 0. The number of carbonyl (C=O) groups is 1. The van der Waals surface area contributed by atoms with E-state index in [1.165, 1.54) is 0 Å². The zero-order valence-electron chi connectivity index (χ0n) is 8.43. The van der Waals surface area contributed by atoms with Crippen molar-refractivity contribution < 1.29 is 9.53 Å². The molecule has 0 saturated carbocycles. The maximum absolute atomic E-state index is 11.4. The third-order valence-corrected chi connectivity index (χ3v) is 2.04. The molecular formula is C10H20O2. The second-order valence-electron chi connectivity index (χ2n) is 3.25. The highest BCUT2D eigenvalue weighted by atomic mass is 16.5. The molecule has 0 aliphatic heterocycles. The number of carbonyl (C=O) groups excluding carboxylic acids is 1. The average Bonchev–Trinajstić information content (AvgIpc) is 2.05. The molecule has 0 radical (unpaired) electrons. The molecule has 0 N–H and O–H groups in total. The molecule has 2 heteroatoms. The SMILES string of the molecule is CCCC(C)C(=O)CCCOC. The lowest BCUT2D eigenvalue weighted by Gasteiger charge is -2.07. The first-order chi connectivity index (χ1) is 5.72. The van der Waals surface area contributed by atoms with Crippen LogP contribution >= 0.6 is 0 Å². The predicted octanol–water partition coefficient (Wildman–Crippen LogP) is 2.42. The van der Waals surface area contributed by atoms with Crippen LogP contribution in [-0.2, 0) is 9.53 Å². The van der Waals surface area contributed by atoms with Gasteiger partial charge in [-0.25, -0.2) is 0 Å². The number of Topliss-reactive ketones (excluding diaryl/α,β-unsaturated/α-hetero) is 1. The number of methoxy groups -OCH3 is 1.